The van der Waals surface area contributed by atoms with Crippen LogP contribution < -0.4 is 0 Å². The van der Waals surface area contributed by atoms with Crippen molar-refractivity contribution >= 4 is 18.3 Å². The molecule has 0 saturated carbocycles. The lowest BCUT2D eigenvalue weighted by molar-refractivity contribution is 0.169. The van der Waals surface area contributed by atoms with Crippen LogP contribution in [-0.2, 0) is 9.47 Å². The van der Waals surface area contributed by atoms with E-state index < -0.39 is 0 Å². The summed E-state index contributed by atoms with van der Waals surface area (Å²) in [4.78, 5) is 0. The maximum absolute atomic E-state index is 6.89. The van der Waals surface area contributed by atoms with Crippen LogP contribution in [0.3, 0.4) is 0 Å². The molecule has 4 heteroatoms. The summed E-state index contributed by atoms with van der Waals surface area (Å²) in [5.41, 5.74) is 0. The Hall–Kier alpha value is -0.280. The number of hydrogen-bond acceptors (Lipinski definition) is 3. The Morgan fingerprint density at radius 1 is 1.56 bits per heavy atom. The number of nitrogens with one attached hydrogen (secondary N) is 1. The Morgan fingerprint density at radius 2 is 2.11 bits per heavy atom. The summed E-state index contributed by atoms with van der Waals surface area (Å²) in [5, 5.41) is 6.89. The predicted octanol–water partition coefficient (Wildman–Crippen LogP) is 1.07. The monoisotopic (exact) mass is 153 g/mol. The van der Waals surface area contributed by atoms with Gasteiger partial charge in [0.25, 0.3) is 0 Å². The van der Waals surface area contributed by atoms with Gasteiger partial charge in [-0.15, -0.1) is 12.4 Å². The van der Waals surface area contributed by atoms with Crippen molar-refractivity contribution in [1.29, 1.82) is 5.41 Å². The van der Waals surface area contributed by atoms with Crippen molar-refractivity contribution in [2.75, 3.05) is 20.3 Å². The van der Waals surface area contributed by atoms with Gasteiger partial charge in [-0.25, -0.2) is 0 Å². The minimum absolute atomic E-state index is 0. The molecule has 0 heterocycles. The van der Waals surface area contributed by atoms with Gasteiger partial charge in [-0.1, -0.05) is 0 Å². The fraction of sp³-hybridized carbons (Fsp3) is 0.800. The first kappa shape index (κ1) is 11.5. The number of ether oxygens (including phenoxy) is 2. The molecule has 0 saturated heterocycles. The number of rotatable bonds is 3. The van der Waals surface area contributed by atoms with Gasteiger partial charge in [0, 0.05) is 6.61 Å². The highest BCUT2D eigenvalue weighted by Gasteiger charge is 1.89. The zero-order valence-corrected chi connectivity index (χ0v) is 6.46. The molecule has 0 aromatic heterocycles. The number of halogens is 1. The lowest BCUT2D eigenvalue weighted by atomic mass is 10.7. The summed E-state index contributed by atoms with van der Waals surface area (Å²) < 4.78 is 9.35. The van der Waals surface area contributed by atoms with E-state index in [-0.39, 0.29) is 24.9 Å². The van der Waals surface area contributed by atoms with Crippen LogP contribution in [0.5, 0.6) is 0 Å². The zero-order chi connectivity index (χ0) is 6.41. The first-order chi connectivity index (χ1) is 3.81. The zero-order valence-electron chi connectivity index (χ0n) is 5.64. The van der Waals surface area contributed by atoms with Crippen LogP contribution in [0.15, 0.2) is 0 Å². The highest BCUT2D eigenvalue weighted by molar-refractivity contribution is 5.85. The molecule has 0 aliphatic carbocycles. The second-order valence-electron chi connectivity index (χ2n) is 1.26. The smallest absolute Gasteiger partial charge is 0.206 e. The van der Waals surface area contributed by atoms with Crippen LogP contribution in [0.1, 0.15) is 6.92 Å². The Morgan fingerprint density at radius 3 is 2.44 bits per heavy atom. The van der Waals surface area contributed by atoms with Gasteiger partial charge in [0.2, 0.25) is 5.90 Å². The van der Waals surface area contributed by atoms with Gasteiger partial charge >= 0.3 is 0 Å². The first-order valence-electron chi connectivity index (χ1n) is 2.50. The molecule has 0 fully saturated rings. The van der Waals surface area contributed by atoms with Crippen LogP contribution in [0.4, 0.5) is 0 Å². The molecular weight excluding hydrogens is 142 g/mol. The van der Waals surface area contributed by atoms with Crippen LogP contribution in [0, 0.1) is 5.41 Å². The van der Waals surface area contributed by atoms with Gasteiger partial charge in [-0.2, -0.15) is 0 Å². The van der Waals surface area contributed by atoms with Crippen molar-refractivity contribution in [3.05, 3.63) is 0 Å². The maximum Gasteiger partial charge on any atom is 0.206 e. The van der Waals surface area contributed by atoms with E-state index in [2.05, 4.69) is 4.74 Å². The summed E-state index contributed by atoms with van der Waals surface area (Å²) in [5.74, 6) is 0.173. The van der Waals surface area contributed by atoms with E-state index in [9.17, 15) is 0 Å². The average Bonchev–Trinajstić information content (AvgIpc) is 1.83. The summed E-state index contributed by atoms with van der Waals surface area (Å²) in [7, 11) is 1.46. The van der Waals surface area contributed by atoms with Crippen LogP contribution >= 0.6 is 12.4 Å². The van der Waals surface area contributed by atoms with Gasteiger partial charge in [0.05, 0.1) is 7.11 Å². The largest absolute Gasteiger partial charge is 0.483 e. The Labute approximate surface area is 61.3 Å². The summed E-state index contributed by atoms with van der Waals surface area (Å²) >= 11 is 0. The predicted molar refractivity (Wildman–Crippen MR) is 38.5 cm³/mol. The minimum Gasteiger partial charge on any atom is -0.483 e. The molecule has 0 atom stereocenters. The molecule has 0 aliphatic heterocycles. The normalized spacial score (nSPS) is 7.78. The molecule has 9 heavy (non-hydrogen) atoms. The van der Waals surface area contributed by atoms with Crippen molar-refractivity contribution in [3.8, 4) is 0 Å². The molecular formula is C5H12ClNO2. The maximum atomic E-state index is 6.89. The summed E-state index contributed by atoms with van der Waals surface area (Å²) in [6.07, 6.45) is 0. The second kappa shape index (κ2) is 7.72. The van der Waals surface area contributed by atoms with Crippen LogP contribution in [-0.4, -0.2) is 26.2 Å². The summed E-state index contributed by atoms with van der Waals surface area (Å²) in [6.45, 7) is 2.79. The first-order valence-corrected chi connectivity index (χ1v) is 2.50. The third-order valence-electron chi connectivity index (χ3n) is 0.684. The molecule has 0 bridgehead atoms. The van der Waals surface area contributed by atoms with E-state index in [1.165, 1.54) is 7.11 Å². The van der Waals surface area contributed by atoms with Crippen molar-refractivity contribution in [3.63, 3.8) is 0 Å². The minimum atomic E-state index is 0. The van der Waals surface area contributed by atoms with Gasteiger partial charge in [-0.3, -0.25) is 5.41 Å². The van der Waals surface area contributed by atoms with Gasteiger partial charge in [0.1, 0.15) is 6.61 Å². The van der Waals surface area contributed by atoms with Crippen molar-refractivity contribution in [2.24, 2.45) is 0 Å². The van der Waals surface area contributed by atoms with E-state index in [0.29, 0.717) is 6.61 Å². The number of hydrogen-bond donors (Lipinski definition) is 1. The van der Waals surface area contributed by atoms with E-state index in [1.807, 2.05) is 6.92 Å². The SMILES string of the molecule is CCOCC(=N)OC.Cl. The molecule has 0 unspecified atom stereocenters. The molecule has 0 rings (SSSR count). The van der Waals surface area contributed by atoms with E-state index >= 15 is 0 Å². The topological polar surface area (TPSA) is 42.3 Å². The fourth-order valence-corrected chi connectivity index (χ4v) is 0.254. The molecule has 56 valence electrons. The Balaban J connectivity index is 0. The quantitative estimate of drug-likeness (QED) is 0.487. The van der Waals surface area contributed by atoms with E-state index in [4.69, 9.17) is 10.1 Å². The average molecular weight is 154 g/mol. The van der Waals surface area contributed by atoms with Crippen LogP contribution in [0.25, 0.3) is 0 Å². The third kappa shape index (κ3) is 7.72. The van der Waals surface area contributed by atoms with Crippen molar-refractivity contribution in [2.45, 2.75) is 6.92 Å². The molecule has 0 amide bonds. The summed E-state index contributed by atoms with van der Waals surface area (Å²) in [6, 6.07) is 0. The van der Waals surface area contributed by atoms with Crippen LogP contribution in [0.2, 0.25) is 0 Å². The van der Waals surface area contributed by atoms with E-state index in [0.717, 1.165) is 0 Å². The number of methoxy groups -OCH3 is 1. The Kier molecular flexibility index (Phi) is 9.87. The fourth-order valence-electron chi connectivity index (χ4n) is 0.254. The van der Waals surface area contributed by atoms with Crippen molar-refractivity contribution < 1.29 is 9.47 Å². The molecule has 0 aromatic carbocycles. The Bertz CT molecular complexity index is 77.4. The van der Waals surface area contributed by atoms with Gasteiger partial charge in [0.15, 0.2) is 0 Å². The highest BCUT2D eigenvalue weighted by atomic mass is 35.5. The van der Waals surface area contributed by atoms with Gasteiger partial charge in [-0.05, 0) is 6.92 Å². The molecule has 0 aliphatic rings. The third-order valence-corrected chi connectivity index (χ3v) is 0.684. The molecule has 1 N–H and O–H groups in total. The molecule has 3 nitrogen and oxygen atoms in total. The second-order valence-corrected chi connectivity index (χ2v) is 1.26. The molecule has 0 aromatic rings. The van der Waals surface area contributed by atoms with Crippen molar-refractivity contribution in [1.82, 2.24) is 0 Å². The van der Waals surface area contributed by atoms with E-state index in [1.54, 1.807) is 0 Å². The molecule has 0 spiro atoms. The lowest BCUT2D eigenvalue weighted by Gasteiger charge is -1.99. The highest BCUT2D eigenvalue weighted by Crippen LogP contribution is 1.76. The lowest BCUT2D eigenvalue weighted by Crippen LogP contribution is -2.08. The molecule has 0 radical (unpaired) electrons. The standard InChI is InChI=1S/C5H11NO2.ClH/c1-3-8-4-5(6)7-2;/h6H,3-4H2,1-2H3;1H. The van der Waals surface area contributed by atoms with Gasteiger partial charge < -0.3 is 9.47 Å².